The molecule has 5 heteroatoms. The molecule has 0 aromatic carbocycles. The Bertz CT molecular complexity index is 279. The molecular formula is C9H9ClF3N. The second kappa shape index (κ2) is 3.82. The topological polar surface area (TPSA) is 4.36 Å². The van der Waals surface area contributed by atoms with E-state index in [1.165, 1.54) is 0 Å². The molecule has 1 aliphatic rings. The van der Waals surface area contributed by atoms with Crippen LogP contribution in [0.2, 0.25) is 0 Å². The highest BCUT2D eigenvalue weighted by molar-refractivity contribution is 6.21. The smallest absolute Gasteiger partial charge is 0.308 e. The van der Waals surface area contributed by atoms with E-state index in [4.69, 9.17) is 18.2 Å². The minimum atomic E-state index is -4.41. The van der Waals surface area contributed by atoms with E-state index < -0.39 is 23.5 Å². The molecule has 0 spiro atoms. The van der Waals surface area contributed by atoms with E-state index in [2.05, 4.69) is 11.4 Å². The van der Waals surface area contributed by atoms with E-state index in [1.807, 2.05) is 0 Å². The number of rotatable bonds is 0. The second-order valence-corrected chi connectivity index (χ2v) is 3.91. The first-order chi connectivity index (χ1) is 6.38. The summed E-state index contributed by atoms with van der Waals surface area (Å²) in [5, 5.41) is -1.00. The van der Waals surface area contributed by atoms with Gasteiger partial charge < -0.3 is 4.85 Å². The van der Waals surface area contributed by atoms with E-state index in [0.29, 0.717) is 12.0 Å². The molecule has 14 heavy (non-hydrogen) atoms. The Kier molecular flexibility index (Phi) is 3.10. The molecule has 0 aromatic rings. The van der Waals surface area contributed by atoms with Gasteiger partial charge in [-0.2, -0.15) is 13.2 Å². The van der Waals surface area contributed by atoms with Gasteiger partial charge in [-0.1, -0.05) is 6.58 Å². The SMILES string of the molecule is [C-]#[N+]C1C(=C)CCC(Cl)C1C(F)(F)F. The van der Waals surface area contributed by atoms with Gasteiger partial charge in [0.1, 0.15) is 5.92 Å². The van der Waals surface area contributed by atoms with Crippen molar-refractivity contribution in [1.82, 2.24) is 0 Å². The van der Waals surface area contributed by atoms with Gasteiger partial charge in [-0.05, 0) is 12.8 Å². The lowest BCUT2D eigenvalue weighted by Crippen LogP contribution is -2.42. The van der Waals surface area contributed by atoms with Gasteiger partial charge in [0.2, 0.25) is 0 Å². The van der Waals surface area contributed by atoms with Crippen LogP contribution in [0, 0.1) is 12.5 Å². The fourth-order valence-electron chi connectivity index (χ4n) is 1.66. The zero-order chi connectivity index (χ0) is 10.9. The zero-order valence-electron chi connectivity index (χ0n) is 7.31. The summed E-state index contributed by atoms with van der Waals surface area (Å²) in [7, 11) is 0. The molecule has 1 saturated carbocycles. The van der Waals surface area contributed by atoms with Crippen molar-refractivity contribution in [3.05, 3.63) is 23.6 Å². The molecule has 0 amide bonds. The summed E-state index contributed by atoms with van der Waals surface area (Å²) in [5.74, 6) is -1.76. The molecule has 1 aliphatic carbocycles. The molecular weight excluding hydrogens is 215 g/mol. The number of hydrogen-bond donors (Lipinski definition) is 0. The molecule has 0 aliphatic heterocycles. The fourth-order valence-corrected chi connectivity index (χ4v) is 2.05. The van der Waals surface area contributed by atoms with Gasteiger partial charge >= 0.3 is 6.18 Å². The molecule has 0 saturated heterocycles. The van der Waals surface area contributed by atoms with E-state index >= 15 is 0 Å². The quantitative estimate of drug-likeness (QED) is 0.337. The first kappa shape index (κ1) is 11.4. The minimum absolute atomic E-state index is 0.247. The molecule has 0 heterocycles. The van der Waals surface area contributed by atoms with Gasteiger partial charge in [0.25, 0.3) is 6.04 Å². The number of hydrogen-bond acceptors (Lipinski definition) is 0. The minimum Gasteiger partial charge on any atom is -0.308 e. The van der Waals surface area contributed by atoms with Crippen LogP contribution in [0.25, 0.3) is 4.85 Å². The van der Waals surface area contributed by atoms with Crippen molar-refractivity contribution in [1.29, 1.82) is 0 Å². The monoisotopic (exact) mass is 223 g/mol. The van der Waals surface area contributed by atoms with E-state index in [1.54, 1.807) is 0 Å². The predicted octanol–water partition coefficient (Wildman–Crippen LogP) is 3.41. The summed E-state index contributed by atoms with van der Waals surface area (Å²) in [4.78, 5) is 2.97. The van der Waals surface area contributed by atoms with Crippen LogP contribution in [0.4, 0.5) is 13.2 Å². The largest absolute Gasteiger partial charge is 0.401 e. The van der Waals surface area contributed by atoms with Crippen molar-refractivity contribution in [2.45, 2.75) is 30.4 Å². The van der Waals surface area contributed by atoms with Gasteiger partial charge in [-0.15, -0.1) is 11.6 Å². The summed E-state index contributed by atoms with van der Waals surface area (Å²) >= 11 is 5.60. The van der Waals surface area contributed by atoms with Gasteiger partial charge in [0, 0.05) is 5.57 Å². The lowest BCUT2D eigenvalue weighted by atomic mass is 9.81. The molecule has 1 nitrogen and oxygen atoms in total. The summed E-state index contributed by atoms with van der Waals surface area (Å²) in [6.07, 6.45) is -3.75. The number of alkyl halides is 4. The Morgan fingerprint density at radius 2 is 2.07 bits per heavy atom. The normalized spacial score (nSPS) is 33.9. The van der Waals surface area contributed by atoms with Gasteiger partial charge in [0.05, 0.1) is 5.38 Å². The maximum Gasteiger partial charge on any atom is 0.401 e. The molecule has 0 bridgehead atoms. The second-order valence-electron chi connectivity index (χ2n) is 3.35. The third-order valence-corrected chi connectivity index (χ3v) is 2.90. The van der Waals surface area contributed by atoms with Crippen molar-refractivity contribution in [2.24, 2.45) is 5.92 Å². The van der Waals surface area contributed by atoms with E-state index in [-0.39, 0.29) is 6.42 Å². The van der Waals surface area contributed by atoms with Crippen LogP contribution in [0.5, 0.6) is 0 Å². The van der Waals surface area contributed by atoms with Gasteiger partial charge in [0.15, 0.2) is 0 Å². The summed E-state index contributed by atoms with van der Waals surface area (Å²) in [5.41, 5.74) is 0.347. The zero-order valence-corrected chi connectivity index (χ0v) is 8.07. The van der Waals surface area contributed by atoms with Crippen LogP contribution in [-0.4, -0.2) is 17.6 Å². The Labute approximate surface area is 85.4 Å². The summed E-state index contributed by atoms with van der Waals surface area (Å²) in [6.45, 7) is 10.2. The molecule has 0 radical (unpaired) electrons. The van der Waals surface area contributed by atoms with Crippen molar-refractivity contribution >= 4 is 11.6 Å². The van der Waals surface area contributed by atoms with Crippen LogP contribution in [0.15, 0.2) is 12.2 Å². The third kappa shape index (κ3) is 2.03. The molecule has 0 N–H and O–H groups in total. The Morgan fingerprint density at radius 3 is 2.43 bits per heavy atom. The van der Waals surface area contributed by atoms with E-state index in [9.17, 15) is 13.2 Å². The number of halogens is 4. The summed E-state index contributed by atoms with van der Waals surface area (Å²) in [6, 6.07) is -1.20. The van der Waals surface area contributed by atoms with Crippen molar-refractivity contribution in [2.75, 3.05) is 0 Å². The van der Waals surface area contributed by atoms with Crippen LogP contribution in [0.1, 0.15) is 12.8 Å². The highest BCUT2D eigenvalue weighted by Gasteiger charge is 2.55. The molecule has 0 aromatic heterocycles. The van der Waals surface area contributed by atoms with Gasteiger partial charge in [-0.3, -0.25) is 0 Å². The summed E-state index contributed by atoms with van der Waals surface area (Å²) < 4.78 is 37.6. The highest BCUT2D eigenvalue weighted by atomic mass is 35.5. The lowest BCUT2D eigenvalue weighted by Gasteiger charge is -2.30. The lowest BCUT2D eigenvalue weighted by molar-refractivity contribution is -0.178. The maximum atomic E-state index is 12.5. The average molecular weight is 224 g/mol. The van der Waals surface area contributed by atoms with Crippen molar-refractivity contribution in [3.63, 3.8) is 0 Å². The average Bonchev–Trinajstić information content (AvgIpc) is 2.06. The Hall–Kier alpha value is -0.690. The highest BCUT2D eigenvalue weighted by Crippen LogP contribution is 2.43. The van der Waals surface area contributed by atoms with Crippen molar-refractivity contribution in [3.8, 4) is 0 Å². The van der Waals surface area contributed by atoms with Crippen LogP contribution in [0.3, 0.4) is 0 Å². The fraction of sp³-hybridized carbons (Fsp3) is 0.667. The van der Waals surface area contributed by atoms with Gasteiger partial charge in [-0.25, -0.2) is 6.57 Å². The predicted molar refractivity (Wildman–Crippen MR) is 48.0 cm³/mol. The van der Waals surface area contributed by atoms with Crippen molar-refractivity contribution < 1.29 is 13.2 Å². The molecule has 78 valence electrons. The Morgan fingerprint density at radius 1 is 1.50 bits per heavy atom. The van der Waals surface area contributed by atoms with Crippen LogP contribution < -0.4 is 0 Å². The first-order valence-corrected chi connectivity index (χ1v) is 4.56. The first-order valence-electron chi connectivity index (χ1n) is 4.13. The standard InChI is InChI=1S/C9H9ClF3N/c1-5-3-4-6(10)7(8(5)14-2)9(11,12)13/h6-8H,1,3-4H2. The third-order valence-electron chi connectivity index (χ3n) is 2.41. The van der Waals surface area contributed by atoms with E-state index in [0.717, 1.165) is 0 Å². The maximum absolute atomic E-state index is 12.5. The molecule has 1 rings (SSSR count). The molecule has 1 fully saturated rings. The molecule has 3 atom stereocenters. The molecule has 3 unspecified atom stereocenters. The number of nitrogens with zero attached hydrogens (tertiary/aromatic N) is 1. The Balaban J connectivity index is 2.97. The van der Waals surface area contributed by atoms with Crippen LogP contribution in [-0.2, 0) is 0 Å². The van der Waals surface area contributed by atoms with Crippen LogP contribution >= 0.6 is 11.6 Å².